The number of para-hydroxylation sites is 1. The van der Waals surface area contributed by atoms with Crippen LogP contribution in [-0.2, 0) is 11.2 Å². The molecule has 0 aliphatic carbocycles. The lowest BCUT2D eigenvalue weighted by Crippen LogP contribution is -2.27. The highest BCUT2D eigenvalue weighted by atomic mass is 35.5. The number of anilines is 2. The van der Waals surface area contributed by atoms with Gasteiger partial charge in [-0.25, -0.2) is 8.51 Å². The monoisotopic (exact) mass is 426 g/mol. The van der Waals surface area contributed by atoms with Crippen molar-refractivity contribution < 1.29 is 9.13 Å². The molecule has 0 aromatic heterocycles. The quantitative estimate of drug-likeness (QED) is 0.476. The van der Waals surface area contributed by atoms with Gasteiger partial charge in [-0.1, -0.05) is 48.0 Å². The summed E-state index contributed by atoms with van der Waals surface area (Å²) < 4.78 is 16.4. The molecule has 1 aliphatic rings. The van der Waals surface area contributed by atoms with Crippen molar-refractivity contribution >= 4 is 45.7 Å². The van der Waals surface area contributed by atoms with Crippen LogP contribution < -0.4 is 8.61 Å². The van der Waals surface area contributed by atoms with Crippen LogP contribution in [0.1, 0.15) is 11.6 Å². The molecule has 0 radical (unpaired) electrons. The van der Waals surface area contributed by atoms with Crippen molar-refractivity contribution in [2.45, 2.75) is 6.04 Å². The molecule has 3 aromatic rings. The lowest BCUT2D eigenvalue weighted by atomic mass is 10.0. The Morgan fingerprint density at radius 3 is 2.28 bits per heavy atom. The van der Waals surface area contributed by atoms with E-state index in [1.165, 1.54) is 20.7 Å². The van der Waals surface area contributed by atoms with E-state index < -0.39 is 22.1 Å². The average molecular weight is 427 g/mol. The molecule has 4 rings (SSSR count). The second-order valence-electron chi connectivity index (χ2n) is 6.30. The van der Waals surface area contributed by atoms with Gasteiger partial charge < -0.3 is 0 Å². The highest BCUT2D eigenvalue weighted by Crippen LogP contribution is 2.40. The van der Waals surface area contributed by atoms with Gasteiger partial charge in [0.05, 0.1) is 16.3 Å². The maximum atomic E-state index is 13.5. The van der Waals surface area contributed by atoms with Crippen molar-refractivity contribution in [2.75, 3.05) is 8.61 Å². The number of amidine groups is 1. The van der Waals surface area contributed by atoms with E-state index in [0.29, 0.717) is 22.0 Å². The summed E-state index contributed by atoms with van der Waals surface area (Å²) in [5.41, 5.74) is 1.58. The molecule has 29 heavy (non-hydrogen) atoms. The molecule has 7 nitrogen and oxygen atoms in total. The number of halogens is 1. The first kappa shape index (κ1) is 19.1. The minimum absolute atomic E-state index is 0.100. The van der Waals surface area contributed by atoms with E-state index >= 15 is 0 Å². The number of non-ortho nitro benzene ring substituents is 1. The van der Waals surface area contributed by atoms with Gasteiger partial charge in [0.15, 0.2) is 0 Å². The summed E-state index contributed by atoms with van der Waals surface area (Å²) in [6, 6.07) is 21.1. The van der Waals surface area contributed by atoms with Gasteiger partial charge >= 0.3 is 0 Å². The van der Waals surface area contributed by atoms with Crippen LogP contribution in [0.15, 0.2) is 78.9 Å². The maximum absolute atomic E-state index is 13.5. The Bertz CT molecular complexity index is 1110. The van der Waals surface area contributed by atoms with Gasteiger partial charge in [0.25, 0.3) is 5.69 Å². The van der Waals surface area contributed by atoms with Crippen LogP contribution in [0.3, 0.4) is 0 Å². The average Bonchev–Trinajstić information content (AvgIpc) is 2.99. The number of rotatable bonds is 4. The number of nitro benzene ring substituents is 1. The normalized spacial score (nSPS) is 18.9. The van der Waals surface area contributed by atoms with Crippen LogP contribution >= 0.6 is 11.6 Å². The number of nitrogens with one attached hydrogen (secondary N) is 1. The summed E-state index contributed by atoms with van der Waals surface area (Å²) in [5.74, 6) is 0.100. The Balaban J connectivity index is 1.86. The van der Waals surface area contributed by atoms with Crippen molar-refractivity contribution in [3.8, 4) is 0 Å². The maximum Gasteiger partial charge on any atom is 0.271 e. The molecule has 3 aromatic carbocycles. The first-order chi connectivity index (χ1) is 14.0. The Kier molecular flexibility index (Phi) is 5.04. The fraction of sp³-hybridized carbons (Fsp3) is 0.0500. The first-order valence-corrected chi connectivity index (χ1v) is 10.1. The number of nitrogens with zero attached hydrogens (tertiary/aromatic N) is 3. The van der Waals surface area contributed by atoms with Crippen molar-refractivity contribution in [3.05, 3.63) is 99.6 Å². The molecule has 0 saturated carbocycles. The van der Waals surface area contributed by atoms with Gasteiger partial charge in [0.2, 0.25) is 11.2 Å². The largest absolute Gasteiger partial charge is 0.285 e. The molecule has 0 amide bonds. The fourth-order valence-corrected chi connectivity index (χ4v) is 4.77. The SMILES string of the molecule is N=C1C(c2ccc(Cl)cc2)N(c2cccc([N+](=O)[O-])c2)S(=O)N1c1ccccc1. The van der Waals surface area contributed by atoms with Gasteiger partial charge in [-0.15, -0.1) is 0 Å². The fourth-order valence-electron chi connectivity index (χ4n) is 3.20. The predicted octanol–water partition coefficient (Wildman–Crippen LogP) is 4.87. The Morgan fingerprint density at radius 2 is 1.62 bits per heavy atom. The van der Waals surface area contributed by atoms with E-state index in [9.17, 15) is 14.3 Å². The third kappa shape index (κ3) is 3.48. The number of hydrogen-bond donors (Lipinski definition) is 1. The Morgan fingerprint density at radius 1 is 0.966 bits per heavy atom. The van der Waals surface area contributed by atoms with Gasteiger partial charge in [0.1, 0.15) is 11.9 Å². The van der Waals surface area contributed by atoms with Crippen LogP contribution in [0.2, 0.25) is 5.02 Å². The highest BCUT2D eigenvalue weighted by Gasteiger charge is 2.44. The van der Waals surface area contributed by atoms with E-state index in [0.717, 1.165) is 0 Å². The summed E-state index contributed by atoms with van der Waals surface area (Å²) in [7, 11) is 0. The summed E-state index contributed by atoms with van der Waals surface area (Å²) in [6.07, 6.45) is 0. The third-order valence-electron chi connectivity index (χ3n) is 4.51. The molecule has 1 saturated heterocycles. The van der Waals surface area contributed by atoms with Gasteiger partial charge in [-0.05, 0) is 35.9 Å². The molecule has 146 valence electrons. The smallest absolute Gasteiger partial charge is 0.271 e. The minimum Gasteiger partial charge on any atom is -0.285 e. The lowest BCUT2D eigenvalue weighted by molar-refractivity contribution is -0.384. The topological polar surface area (TPSA) is 90.5 Å². The molecule has 2 unspecified atom stereocenters. The Hall–Kier alpha value is -3.23. The second kappa shape index (κ2) is 7.65. The van der Waals surface area contributed by atoms with Gasteiger partial charge in [0, 0.05) is 17.2 Å². The second-order valence-corrected chi connectivity index (χ2v) is 7.96. The van der Waals surface area contributed by atoms with E-state index in [1.54, 1.807) is 60.7 Å². The van der Waals surface area contributed by atoms with Crippen LogP contribution in [0.5, 0.6) is 0 Å². The van der Waals surface area contributed by atoms with Crippen molar-refractivity contribution in [1.29, 1.82) is 5.41 Å². The molecular formula is C20H15ClN4O3S. The molecule has 1 N–H and O–H groups in total. The zero-order valence-corrected chi connectivity index (χ0v) is 16.5. The summed E-state index contributed by atoms with van der Waals surface area (Å²) >= 11 is 4.20. The van der Waals surface area contributed by atoms with Crippen LogP contribution in [0, 0.1) is 15.5 Å². The van der Waals surface area contributed by atoms with Crippen LogP contribution in [0.4, 0.5) is 17.1 Å². The van der Waals surface area contributed by atoms with Gasteiger partial charge in [-0.3, -0.25) is 19.8 Å². The van der Waals surface area contributed by atoms with Gasteiger partial charge in [-0.2, -0.15) is 0 Å². The molecule has 1 fully saturated rings. The predicted molar refractivity (Wildman–Crippen MR) is 115 cm³/mol. The molecule has 1 aliphatic heterocycles. The first-order valence-electron chi connectivity index (χ1n) is 8.62. The summed E-state index contributed by atoms with van der Waals surface area (Å²) in [4.78, 5) is 10.7. The van der Waals surface area contributed by atoms with Crippen LogP contribution in [0.25, 0.3) is 0 Å². The van der Waals surface area contributed by atoms with E-state index in [4.69, 9.17) is 17.0 Å². The molecule has 9 heteroatoms. The van der Waals surface area contributed by atoms with Crippen molar-refractivity contribution in [3.63, 3.8) is 0 Å². The van der Waals surface area contributed by atoms with E-state index in [1.807, 2.05) is 6.07 Å². The molecule has 0 spiro atoms. The number of benzene rings is 3. The molecule has 2 atom stereocenters. The van der Waals surface area contributed by atoms with Crippen LogP contribution in [-0.4, -0.2) is 15.0 Å². The molecule has 1 heterocycles. The lowest BCUT2D eigenvalue weighted by Gasteiger charge is -2.22. The van der Waals surface area contributed by atoms with Crippen molar-refractivity contribution in [1.82, 2.24) is 0 Å². The summed E-state index contributed by atoms with van der Waals surface area (Å²) in [5, 5.41) is 20.5. The zero-order chi connectivity index (χ0) is 20.5. The minimum atomic E-state index is -1.80. The highest BCUT2D eigenvalue weighted by molar-refractivity contribution is 7.89. The van der Waals surface area contributed by atoms with E-state index in [2.05, 4.69) is 0 Å². The Labute approximate surface area is 174 Å². The number of hydrogen-bond acceptors (Lipinski definition) is 4. The summed E-state index contributed by atoms with van der Waals surface area (Å²) in [6.45, 7) is 0. The standard InChI is InChI=1S/C20H15ClN4O3S/c21-15-11-9-14(10-12-15)19-20(22)24(16-5-2-1-3-6-16)29(28)23(19)17-7-4-8-18(13-17)25(26)27/h1-13,19,22H. The number of nitro groups is 1. The third-order valence-corrected chi connectivity index (χ3v) is 6.24. The molecule has 0 bridgehead atoms. The zero-order valence-electron chi connectivity index (χ0n) is 14.9. The molecular weight excluding hydrogens is 412 g/mol. The van der Waals surface area contributed by atoms with E-state index in [-0.39, 0.29) is 11.5 Å². The van der Waals surface area contributed by atoms with Crippen molar-refractivity contribution in [2.24, 2.45) is 0 Å².